The number of hydrogen-bond donors (Lipinski definition) is 1. The van der Waals surface area contributed by atoms with Gasteiger partial charge in [-0.2, -0.15) is 0 Å². The molecule has 1 aliphatic rings. The van der Waals surface area contributed by atoms with E-state index < -0.39 is 0 Å². The van der Waals surface area contributed by atoms with Crippen molar-refractivity contribution in [2.45, 2.75) is 25.8 Å². The molecule has 0 bridgehead atoms. The standard InChI is InChI=1S/C20H27N3OS2/c1-24-18-8-4-7-17(15-18)21-20(25)23(16-19-9-5-14-26-19)13-6-12-22-10-2-3-11-22/h4-5,7-9,14-15H,2-3,6,10-13,16H2,1H3,(H,21,25). The number of methoxy groups -OCH3 is 1. The van der Waals surface area contributed by atoms with Crippen molar-refractivity contribution in [1.82, 2.24) is 9.80 Å². The zero-order valence-electron chi connectivity index (χ0n) is 15.3. The van der Waals surface area contributed by atoms with Crippen molar-refractivity contribution in [1.29, 1.82) is 0 Å². The third-order valence-electron chi connectivity index (χ3n) is 4.64. The number of thiocarbonyl (C=S) groups is 1. The van der Waals surface area contributed by atoms with Gasteiger partial charge in [-0.1, -0.05) is 12.1 Å². The highest BCUT2D eigenvalue weighted by atomic mass is 32.1. The van der Waals surface area contributed by atoms with Crippen LogP contribution in [0.4, 0.5) is 5.69 Å². The Morgan fingerprint density at radius 3 is 2.85 bits per heavy atom. The van der Waals surface area contributed by atoms with Crippen molar-refractivity contribution >= 4 is 34.4 Å². The Balaban J connectivity index is 1.59. The molecule has 0 spiro atoms. The molecule has 26 heavy (non-hydrogen) atoms. The van der Waals surface area contributed by atoms with Gasteiger partial charge in [0.1, 0.15) is 5.75 Å². The molecule has 0 radical (unpaired) electrons. The molecule has 3 rings (SSSR count). The Bertz CT molecular complexity index is 684. The minimum atomic E-state index is 0.771. The molecule has 1 fully saturated rings. The lowest BCUT2D eigenvalue weighted by molar-refractivity contribution is 0.307. The van der Waals surface area contributed by atoms with Crippen LogP contribution in [0.2, 0.25) is 0 Å². The number of nitrogens with zero attached hydrogens (tertiary/aromatic N) is 2. The second-order valence-corrected chi connectivity index (χ2v) is 7.98. The normalized spacial score (nSPS) is 14.3. The number of anilines is 1. The minimum absolute atomic E-state index is 0.771. The summed E-state index contributed by atoms with van der Waals surface area (Å²) in [5.41, 5.74) is 0.963. The molecule has 0 unspecified atom stereocenters. The molecular weight excluding hydrogens is 362 g/mol. The van der Waals surface area contributed by atoms with E-state index >= 15 is 0 Å². The van der Waals surface area contributed by atoms with Crippen LogP contribution in [0.1, 0.15) is 24.1 Å². The maximum Gasteiger partial charge on any atom is 0.173 e. The van der Waals surface area contributed by atoms with Crippen molar-refractivity contribution in [3.05, 3.63) is 46.7 Å². The van der Waals surface area contributed by atoms with Gasteiger partial charge in [0.05, 0.1) is 13.7 Å². The first-order valence-corrected chi connectivity index (χ1v) is 10.5. The fourth-order valence-corrected chi connectivity index (χ4v) is 4.23. The van der Waals surface area contributed by atoms with Gasteiger partial charge >= 0.3 is 0 Å². The van der Waals surface area contributed by atoms with E-state index in [1.54, 1.807) is 18.4 Å². The van der Waals surface area contributed by atoms with Crippen LogP contribution in [0.5, 0.6) is 5.75 Å². The van der Waals surface area contributed by atoms with Gasteiger partial charge < -0.3 is 19.9 Å². The van der Waals surface area contributed by atoms with E-state index in [1.165, 1.54) is 30.8 Å². The molecule has 4 nitrogen and oxygen atoms in total. The number of benzene rings is 1. The fraction of sp³-hybridized carbons (Fsp3) is 0.450. The van der Waals surface area contributed by atoms with Gasteiger partial charge in [-0.3, -0.25) is 0 Å². The Kier molecular flexibility index (Phi) is 7.29. The fourth-order valence-electron chi connectivity index (χ4n) is 3.24. The molecule has 2 heterocycles. The number of rotatable bonds is 8. The van der Waals surface area contributed by atoms with Crippen LogP contribution in [0, 0.1) is 0 Å². The Labute approximate surface area is 165 Å². The first-order chi connectivity index (χ1) is 12.7. The number of likely N-dealkylation sites (tertiary alicyclic amines) is 1. The van der Waals surface area contributed by atoms with E-state index in [2.05, 4.69) is 32.6 Å². The van der Waals surface area contributed by atoms with E-state index in [-0.39, 0.29) is 0 Å². The largest absolute Gasteiger partial charge is 0.497 e. The molecule has 2 aromatic rings. The highest BCUT2D eigenvalue weighted by Crippen LogP contribution is 2.19. The summed E-state index contributed by atoms with van der Waals surface area (Å²) in [5, 5.41) is 6.27. The third kappa shape index (κ3) is 5.69. The van der Waals surface area contributed by atoms with Crippen LogP contribution in [-0.4, -0.2) is 48.2 Å². The van der Waals surface area contributed by atoms with E-state index in [0.29, 0.717) is 0 Å². The lowest BCUT2D eigenvalue weighted by atomic mass is 10.3. The predicted molar refractivity (Wildman–Crippen MR) is 114 cm³/mol. The summed E-state index contributed by atoms with van der Waals surface area (Å²) in [6.07, 6.45) is 3.81. The van der Waals surface area contributed by atoms with Gasteiger partial charge in [0.15, 0.2) is 5.11 Å². The van der Waals surface area contributed by atoms with Gasteiger partial charge in [0.2, 0.25) is 0 Å². The van der Waals surface area contributed by atoms with Crippen molar-refractivity contribution in [3.63, 3.8) is 0 Å². The number of ether oxygens (including phenoxy) is 1. The molecule has 6 heteroatoms. The summed E-state index contributed by atoms with van der Waals surface area (Å²) >= 11 is 7.50. The smallest absolute Gasteiger partial charge is 0.173 e. The van der Waals surface area contributed by atoms with Crippen molar-refractivity contribution in [2.24, 2.45) is 0 Å². The van der Waals surface area contributed by atoms with E-state index in [0.717, 1.165) is 42.6 Å². The van der Waals surface area contributed by atoms with Crippen molar-refractivity contribution < 1.29 is 4.74 Å². The minimum Gasteiger partial charge on any atom is -0.497 e. The second kappa shape index (κ2) is 9.90. The summed E-state index contributed by atoms with van der Waals surface area (Å²) in [4.78, 5) is 6.17. The topological polar surface area (TPSA) is 27.7 Å². The van der Waals surface area contributed by atoms with Crippen LogP contribution >= 0.6 is 23.6 Å². The quantitative estimate of drug-likeness (QED) is 0.674. The summed E-state index contributed by atoms with van der Waals surface area (Å²) in [5.74, 6) is 0.830. The molecule has 1 aromatic carbocycles. The van der Waals surface area contributed by atoms with Gasteiger partial charge in [0, 0.05) is 23.2 Å². The first kappa shape index (κ1) is 19.1. The van der Waals surface area contributed by atoms with Gasteiger partial charge in [-0.15, -0.1) is 11.3 Å². The molecule has 0 atom stereocenters. The Morgan fingerprint density at radius 2 is 2.12 bits per heavy atom. The molecule has 0 saturated carbocycles. The van der Waals surface area contributed by atoms with Crippen LogP contribution in [0.15, 0.2) is 41.8 Å². The lowest BCUT2D eigenvalue weighted by Crippen LogP contribution is -2.36. The van der Waals surface area contributed by atoms with Crippen LogP contribution in [-0.2, 0) is 6.54 Å². The van der Waals surface area contributed by atoms with E-state index in [4.69, 9.17) is 17.0 Å². The van der Waals surface area contributed by atoms with Crippen LogP contribution < -0.4 is 10.1 Å². The second-order valence-electron chi connectivity index (χ2n) is 6.57. The molecule has 1 aromatic heterocycles. The Morgan fingerprint density at radius 1 is 1.27 bits per heavy atom. The Hall–Kier alpha value is -1.63. The predicted octanol–water partition coefficient (Wildman–Crippen LogP) is 4.44. The van der Waals surface area contributed by atoms with Gasteiger partial charge in [0.25, 0.3) is 0 Å². The van der Waals surface area contributed by atoms with E-state index in [1.807, 2.05) is 24.3 Å². The SMILES string of the molecule is COc1cccc(NC(=S)N(CCCN2CCCC2)Cc2cccs2)c1. The number of hydrogen-bond acceptors (Lipinski definition) is 4. The number of thiophene rings is 1. The molecule has 0 amide bonds. The van der Waals surface area contributed by atoms with E-state index in [9.17, 15) is 0 Å². The molecule has 1 N–H and O–H groups in total. The third-order valence-corrected chi connectivity index (χ3v) is 5.86. The zero-order valence-corrected chi connectivity index (χ0v) is 17.0. The van der Waals surface area contributed by atoms with Crippen LogP contribution in [0.25, 0.3) is 0 Å². The molecular formula is C20H27N3OS2. The van der Waals surface area contributed by atoms with Gasteiger partial charge in [-0.25, -0.2) is 0 Å². The highest BCUT2D eigenvalue weighted by Gasteiger charge is 2.14. The average molecular weight is 390 g/mol. The first-order valence-electron chi connectivity index (χ1n) is 9.19. The molecule has 1 saturated heterocycles. The molecule has 1 aliphatic heterocycles. The maximum atomic E-state index is 5.72. The summed E-state index contributed by atoms with van der Waals surface area (Å²) in [7, 11) is 1.68. The molecule has 0 aliphatic carbocycles. The zero-order chi connectivity index (χ0) is 18.2. The van der Waals surface area contributed by atoms with Gasteiger partial charge in [-0.05, 0) is 74.7 Å². The monoisotopic (exact) mass is 389 g/mol. The summed E-state index contributed by atoms with van der Waals surface area (Å²) in [6.45, 7) is 5.47. The molecule has 140 valence electrons. The van der Waals surface area contributed by atoms with Crippen LogP contribution in [0.3, 0.4) is 0 Å². The summed E-state index contributed by atoms with van der Waals surface area (Å²) in [6, 6.07) is 12.2. The average Bonchev–Trinajstić information content (AvgIpc) is 3.35. The number of nitrogens with one attached hydrogen (secondary N) is 1. The lowest BCUT2D eigenvalue weighted by Gasteiger charge is -2.26. The highest BCUT2D eigenvalue weighted by molar-refractivity contribution is 7.80. The maximum absolute atomic E-state index is 5.72. The van der Waals surface area contributed by atoms with Crippen molar-refractivity contribution in [3.8, 4) is 5.75 Å². The summed E-state index contributed by atoms with van der Waals surface area (Å²) < 4.78 is 5.30. The van der Waals surface area contributed by atoms with Crippen molar-refractivity contribution in [2.75, 3.05) is 38.6 Å².